The number of anilines is 1. The molecule has 1 saturated heterocycles. The Kier molecular flexibility index (Phi) is 7.89. The number of nitrogens with zero attached hydrogens (tertiary/aromatic N) is 3. The van der Waals surface area contributed by atoms with E-state index in [1.165, 1.54) is 12.1 Å². The third-order valence-corrected chi connectivity index (χ3v) is 5.27. The number of carbonyl (C=O) groups excluding carboxylic acids is 1. The van der Waals surface area contributed by atoms with Gasteiger partial charge in [0.15, 0.2) is 0 Å². The van der Waals surface area contributed by atoms with Gasteiger partial charge in [-0.15, -0.1) is 0 Å². The summed E-state index contributed by atoms with van der Waals surface area (Å²) in [5, 5.41) is 0. The van der Waals surface area contributed by atoms with E-state index in [9.17, 15) is 4.79 Å². The molecular formula is C25H33N3O2. The first-order valence-electron chi connectivity index (χ1n) is 11.0. The first kappa shape index (κ1) is 21.9. The molecule has 30 heavy (non-hydrogen) atoms. The predicted molar refractivity (Wildman–Crippen MR) is 124 cm³/mol. The van der Waals surface area contributed by atoms with Crippen molar-refractivity contribution in [3.05, 3.63) is 60.2 Å². The molecule has 0 unspecified atom stereocenters. The van der Waals surface area contributed by atoms with Gasteiger partial charge in [-0.25, -0.2) is 4.79 Å². The summed E-state index contributed by atoms with van der Waals surface area (Å²) < 4.78 is 5.48. The second-order valence-electron chi connectivity index (χ2n) is 7.93. The highest BCUT2D eigenvalue weighted by Crippen LogP contribution is 2.35. The summed E-state index contributed by atoms with van der Waals surface area (Å²) in [6.07, 6.45) is 2.93. The quantitative estimate of drug-likeness (QED) is 0.644. The van der Waals surface area contributed by atoms with Gasteiger partial charge in [0, 0.05) is 24.8 Å². The number of likely N-dealkylation sites (tertiary alicyclic amines) is 1. The van der Waals surface area contributed by atoms with Gasteiger partial charge in [-0.3, -0.25) is 4.99 Å². The van der Waals surface area contributed by atoms with Gasteiger partial charge in [0.05, 0.1) is 17.9 Å². The van der Waals surface area contributed by atoms with Gasteiger partial charge in [-0.2, -0.15) is 0 Å². The van der Waals surface area contributed by atoms with Crippen molar-refractivity contribution in [1.29, 1.82) is 0 Å². The van der Waals surface area contributed by atoms with E-state index in [2.05, 4.69) is 48.9 Å². The third-order valence-electron chi connectivity index (χ3n) is 5.27. The molecule has 2 heterocycles. The number of ether oxygens (including phenoxy) is 1. The molecule has 5 nitrogen and oxygen atoms in total. The average molecular weight is 408 g/mol. The summed E-state index contributed by atoms with van der Waals surface area (Å²) in [5.74, 6) is 0. The van der Waals surface area contributed by atoms with Crippen LogP contribution in [-0.4, -0.2) is 42.4 Å². The van der Waals surface area contributed by atoms with Crippen molar-refractivity contribution in [2.45, 2.75) is 52.7 Å². The fraction of sp³-hybridized carbons (Fsp3) is 0.440. The summed E-state index contributed by atoms with van der Waals surface area (Å²) in [5.41, 5.74) is 4.40. The minimum atomic E-state index is -0.214. The molecule has 2 aromatic rings. The minimum Gasteiger partial charge on any atom is -0.445 e. The van der Waals surface area contributed by atoms with Gasteiger partial charge in [0.2, 0.25) is 0 Å². The number of benzene rings is 2. The normalized spacial score (nSPS) is 16.2. The Hall–Kier alpha value is -2.82. The number of fused-ring (bicyclic) bond motifs is 1. The highest BCUT2D eigenvalue weighted by Gasteiger charge is 2.30. The molecule has 2 aliphatic heterocycles. The zero-order valence-electron chi connectivity index (χ0n) is 18.4. The largest absolute Gasteiger partial charge is 0.445 e. The number of carbonyl (C=O) groups is 1. The fourth-order valence-corrected chi connectivity index (χ4v) is 3.87. The van der Waals surface area contributed by atoms with Crippen LogP contribution in [-0.2, 0) is 11.3 Å². The number of para-hydroxylation sites is 2. The summed E-state index contributed by atoms with van der Waals surface area (Å²) in [6, 6.07) is 18.5. The van der Waals surface area contributed by atoms with E-state index in [-0.39, 0.29) is 6.09 Å². The number of piperidine rings is 1. The van der Waals surface area contributed by atoms with Gasteiger partial charge < -0.3 is 14.5 Å². The summed E-state index contributed by atoms with van der Waals surface area (Å²) in [6.45, 7) is 8.98. The second-order valence-corrected chi connectivity index (χ2v) is 7.93. The number of rotatable bonds is 3. The summed E-state index contributed by atoms with van der Waals surface area (Å²) in [7, 11) is 0. The smallest absolute Gasteiger partial charge is 0.410 e. The van der Waals surface area contributed by atoms with E-state index in [1.54, 1.807) is 0 Å². The average Bonchev–Trinajstić information content (AvgIpc) is 2.78. The standard InChI is InChI=1S/C22H25N3O2.C3H8/c1-17-15-25(21-10-6-5-9-20(21)23-17)19-11-13-24(14-12-19)22(26)27-16-18-7-3-2-4-8-18;1-3-2/h2-10,19H,11-16H2,1H3;3H2,1-2H3. The zero-order valence-corrected chi connectivity index (χ0v) is 18.4. The van der Waals surface area contributed by atoms with Crippen molar-refractivity contribution in [2.24, 2.45) is 4.99 Å². The van der Waals surface area contributed by atoms with Crippen LogP contribution in [0, 0.1) is 0 Å². The number of amides is 1. The topological polar surface area (TPSA) is 45.1 Å². The molecule has 0 saturated carbocycles. The highest BCUT2D eigenvalue weighted by molar-refractivity contribution is 5.94. The molecule has 0 spiro atoms. The van der Waals surface area contributed by atoms with Gasteiger partial charge in [0.1, 0.15) is 6.61 Å². The molecule has 0 N–H and O–H groups in total. The number of hydrogen-bond acceptors (Lipinski definition) is 4. The van der Waals surface area contributed by atoms with Crippen LogP contribution < -0.4 is 4.90 Å². The molecular weight excluding hydrogens is 374 g/mol. The number of hydrogen-bond donors (Lipinski definition) is 0. The molecule has 0 atom stereocenters. The van der Waals surface area contributed by atoms with Crippen molar-refractivity contribution < 1.29 is 9.53 Å². The molecule has 0 bridgehead atoms. The number of aliphatic imine (C=N–C) groups is 1. The highest BCUT2D eigenvalue weighted by atomic mass is 16.6. The van der Waals surface area contributed by atoms with Crippen LogP contribution in [0.1, 0.15) is 45.6 Å². The van der Waals surface area contributed by atoms with Crippen LogP contribution in [0.4, 0.5) is 16.2 Å². The zero-order chi connectivity index (χ0) is 21.3. The lowest BCUT2D eigenvalue weighted by molar-refractivity contribution is 0.0869. The predicted octanol–water partition coefficient (Wildman–Crippen LogP) is 5.82. The van der Waals surface area contributed by atoms with Crippen molar-refractivity contribution in [1.82, 2.24) is 4.90 Å². The molecule has 0 radical (unpaired) electrons. The van der Waals surface area contributed by atoms with Crippen molar-refractivity contribution in [2.75, 3.05) is 24.5 Å². The maximum atomic E-state index is 12.4. The van der Waals surface area contributed by atoms with E-state index < -0.39 is 0 Å². The van der Waals surface area contributed by atoms with Crippen LogP contribution in [0.25, 0.3) is 0 Å². The Bertz CT molecular complexity index is 842. The van der Waals surface area contributed by atoms with Crippen LogP contribution in [0.15, 0.2) is 59.6 Å². The molecule has 160 valence electrons. The SMILES string of the molecule is CC1=Nc2ccccc2N(C2CCN(C(=O)OCc3ccccc3)CC2)C1.CCC. The molecule has 2 aliphatic rings. The molecule has 4 rings (SSSR count). The Morgan fingerprint density at radius 1 is 1.03 bits per heavy atom. The van der Waals surface area contributed by atoms with Gasteiger partial charge >= 0.3 is 6.09 Å². The maximum Gasteiger partial charge on any atom is 0.410 e. The van der Waals surface area contributed by atoms with Gasteiger partial charge in [0.25, 0.3) is 0 Å². The van der Waals surface area contributed by atoms with Crippen LogP contribution in [0.3, 0.4) is 0 Å². The fourth-order valence-electron chi connectivity index (χ4n) is 3.87. The Morgan fingerprint density at radius 3 is 2.37 bits per heavy atom. The molecule has 1 fully saturated rings. The van der Waals surface area contributed by atoms with Crippen LogP contribution in [0.5, 0.6) is 0 Å². The molecule has 2 aromatic carbocycles. The first-order valence-corrected chi connectivity index (χ1v) is 11.0. The monoisotopic (exact) mass is 407 g/mol. The lowest BCUT2D eigenvalue weighted by Crippen LogP contribution is -2.48. The van der Waals surface area contributed by atoms with Gasteiger partial charge in [-0.1, -0.05) is 62.7 Å². The third kappa shape index (κ3) is 5.62. The van der Waals surface area contributed by atoms with E-state index in [1.807, 2.05) is 41.3 Å². The van der Waals surface area contributed by atoms with Crippen LogP contribution >= 0.6 is 0 Å². The Morgan fingerprint density at radius 2 is 1.67 bits per heavy atom. The van der Waals surface area contributed by atoms with Crippen molar-refractivity contribution in [3.8, 4) is 0 Å². The summed E-state index contributed by atoms with van der Waals surface area (Å²) >= 11 is 0. The van der Waals surface area contributed by atoms with E-state index in [0.717, 1.165) is 49.4 Å². The second kappa shape index (κ2) is 10.8. The van der Waals surface area contributed by atoms with Crippen molar-refractivity contribution in [3.63, 3.8) is 0 Å². The van der Waals surface area contributed by atoms with E-state index >= 15 is 0 Å². The maximum absolute atomic E-state index is 12.4. The molecule has 0 aromatic heterocycles. The van der Waals surface area contributed by atoms with E-state index in [0.29, 0.717) is 12.6 Å². The lowest BCUT2D eigenvalue weighted by Gasteiger charge is -2.41. The summed E-state index contributed by atoms with van der Waals surface area (Å²) in [4.78, 5) is 21.3. The Balaban J connectivity index is 0.000000806. The minimum absolute atomic E-state index is 0.214. The van der Waals surface area contributed by atoms with Crippen molar-refractivity contribution >= 4 is 23.2 Å². The van der Waals surface area contributed by atoms with E-state index in [4.69, 9.17) is 4.74 Å². The lowest BCUT2D eigenvalue weighted by atomic mass is 10.0. The molecule has 0 aliphatic carbocycles. The molecule has 1 amide bonds. The molecule has 5 heteroatoms. The Labute approximate surface area is 180 Å². The van der Waals surface area contributed by atoms with Gasteiger partial charge in [-0.05, 0) is 37.5 Å². The first-order chi connectivity index (χ1) is 14.6. The van der Waals surface area contributed by atoms with Crippen LogP contribution in [0.2, 0.25) is 0 Å².